The number of nitrogens with zero attached hydrogens (tertiary/aromatic N) is 1. The lowest BCUT2D eigenvalue weighted by Gasteiger charge is -2.30. The molecule has 2 heterocycles. The standard InChI is InChI=1S/C18H22N2O3S2/c1-13-7-8-16(14(2)11-13)19-18(21)15-5-3-9-20(12-15)25(22,23)17-6-4-10-24-17/h4,6-8,10-11,15H,3,5,9,12H2,1-2H3,(H,19,21)/t15-/m1/s1. The van der Waals surface area contributed by atoms with E-state index in [1.807, 2.05) is 32.0 Å². The Morgan fingerprint density at radius 2 is 2.08 bits per heavy atom. The van der Waals surface area contributed by atoms with Gasteiger partial charge < -0.3 is 5.32 Å². The van der Waals surface area contributed by atoms with Gasteiger partial charge >= 0.3 is 0 Å². The van der Waals surface area contributed by atoms with Gasteiger partial charge in [0.15, 0.2) is 0 Å². The van der Waals surface area contributed by atoms with Crippen LogP contribution in [-0.4, -0.2) is 31.7 Å². The Morgan fingerprint density at radius 3 is 2.76 bits per heavy atom. The Bertz CT molecular complexity index is 860. The van der Waals surface area contributed by atoms with E-state index in [-0.39, 0.29) is 18.4 Å². The molecular formula is C18H22N2O3S2. The second kappa shape index (κ2) is 7.27. The van der Waals surface area contributed by atoms with Gasteiger partial charge in [-0.1, -0.05) is 23.8 Å². The molecule has 0 aliphatic carbocycles. The molecule has 0 spiro atoms. The minimum Gasteiger partial charge on any atom is -0.326 e. The van der Waals surface area contributed by atoms with Crippen molar-refractivity contribution in [2.45, 2.75) is 30.9 Å². The van der Waals surface area contributed by atoms with Gasteiger partial charge in [0.2, 0.25) is 5.91 Å². The summed E-state index contributed by atoms with van der Waals surface area (Å²) in [7, 11) is -3.50. The fourth-order valence-corrected chi connectivity index (χ4v) is 5.77. The predicted molar refractivity (Wildman–Crippen MR) is 100 cm³/mol. The molecule has 0 unspecified atom stereocenters. The third kappa shape index (κ3) is 3.94. The zero-order valence-corrected chi connectivity index (χ0v) is 16.0. The van der Waals surface area contributed by atoms with Crippen molar-refractivity contribution in [1.29, 1.82) is 0 Å². The molecule has 1 N–H and O–H groups in total. The normalized spacial score (nSPS) is 18.9. The van der Waals surface area contributed by atoms with Crippen LogP contribution in [0.15, 0.2) is 39.9 Å². The number of hydrogen-bond acceptors (Lipinski definition) is 4. The fourth-order valence-electron chi connectivity index (χ4n) is 3.10. The van der Waals surface area contributed by atoms with Crippen LogP contribution in [0.1, 0.15) is 24.0 Å². The second-order valence-corrected chi connectivity index (χ2v) is 9.55. The third-order valence-corrected chi connectivity index (χ3v) is 7.72. The van der Waals surface area contributed by atoms with E-state index in [0.717, 1.165) is 16.8 Å². The summed E-state index contributed by atoms with van der Waals surface area (Å²) in [6.07, 6.45) is 1.39. The van der Waals surface area contributed by atoms with Crippen molar-refractivity contribution >= 4 is 33.0 Å². The van der Waals surface area contributed by atoms with Gasteiger partial charge in [-0.2, -0.15) is 4.31 Å². The Balaban J connectivity index is 1.72. The molecule has 1 aliphatic rings. The minimum absolute atomic E-state index is 0.113. The lowest BCUT2D eigenvalue weighted by molar-refractivity contribution is -0.120. The summed E-state index contributed by atoms with van der Waals surface area (Å²) in [6, 6.07) is 9.21. The number of aryl methyl sites for hydroxylation is 2. The molecule has 2 aromatic rings. The number of sulfonamides is 1. The first-order chi connectivity index (χ1) is 11.9. The van der Waals surface area contributed by atoms with E-state index >= 15 is 0 Å². The van der Waals surface area contributed by atoms with Crippen LogP contribution < -0.4 is 5.32 Å². The van der Waals surface area contributed by atoms with Crippen LogP contribution in [0.2, 0.25) is 0 Å². The van der Waals surface area contributed by atoms with Crippen LogP contribution in [-0.2, 0) is 14.8 Å². The van der Waals surface area contributed by atoms with Gasteiger partial charge in [0.1, 0.15) is 4.21 Å². The van der Waals surface area contributed by atoms with Crippen LogP contribution in [0, 0.1) is 19.8 Å². The quantitative estimate of drug-likeness (QED) is 0.887. The first kappa shape index (κ1) is 18.1. The molecule has 7 heteroatoms. The van der Waals surface area contributed by atoms with Crippen molar-refractivity contribution in [3.63, 3.8) is 0 Å². The number of piperidine rings is 1. The van der Waals surface area contributed by atoms with Crippen LogP contribution in [0.5, 0.6) is 0 Å². The molecule has 134 valence electrons. The zero-order valence-electron chi connectivity index (χ0n) is 14.4. The van der Waals surface area contributed by atoms with Gasteiger partial charge in [-0.25, -0.2) is 8.42 Å². The van der Waals surface area contributed by atoms with E-state index in [0.29, 0.717) is 23.6 Å². The van der Waals surface area contributed by atoms with Gasteiger partial charge in [0.25, 0.3) is 10.0 Å². The van der Waals surface area contributed by atoms with E-state index in [2.05, 4.69) is 5.32 Å². The average molecular weight is 379 g/mol. The molecule has 3 rings (SSSR count). The highest BCUT2D eigenvalue weighted by Crippen LogP contribution is 2.27. The first-order valence-corrected chi connectivity index (χ1v) is 10.6. The number of hydrogen-bond donors (Lipinski definition) is 1. The summed E-state index contributed by atoms with van der Waals surface area (Å²) in [5, 5.41) is 4.71. The van der Waals surface area contributed by atoms with E-state index in [1.54, 1.807) is 17.5 Å². The number of amides is 1. The lowest BCUT2D eigenvalue weighted by Crippen LogP contribution is -2.43. The summed E-state index contributed by atoms with van der Waals surface area (Å²) in [4.78, 5) is 12.6. The van der Waals surface area contributed by atoms with Crippen molar-refractivity contribution in [1.82, 2.24) is 4.31 Å². The third-order valence-electron chi connectivity index (χ3n) is 4.48. The molecule has 0 bridgehead atoms. The number of benzene rings is 1. The Kier molecular flexibility index (Phi) is 5.27. The van der Waals surface area contributed by atoms with Gasteiger partial charge in [0.05, 0.1) is 5.92 Å². The van der Waals surface area contributed by atoms with Gasteiger partial charge in [0, 0.05) is 18.8 Å². The molecule has 0 saturated carbocycles. The van der Waals surface area contributed by atoms with Crippen LogP contribution in [0.4, 0.5) is 5.69 Å². The highest BCUT2D eigenvalue weighted by molar-refractivity contribution is 7.91. The molecule has 25 heavy (non-hydrogen) atoms. The maximum absolute atomic E-state index is 12.7. The Morgan fingerprint density at radius 1 is 1.28 bits per heavy atom. The monoisotopic (exact) mass is 378 g/mol. The molecule has 1 saturated heterocycles. The average Bonchev–Trinajstić information content (AvgIpc) is 3.13. The summed E-state index contributed by atoms with van der Waals surface area (Å²) in [5.41, 5.74) is 2.93. The molecule has 1 aromatic carbocycles. The van der Waals surface area contributed by atoms with E-state index in [4.69, 9.17) is 0 Å². The summed E-state index contributed by atoms with van der Waals surface area (Å²) in [6.45, 7) is 4.66. The number of carbonyl (C=O) groups excluding carboxylic acids is 1. The number of carbonyl (C=O) groups is 1. The van der Waals surface area contributed by atoms with E-state index in [1.165, 1.54) is 15.6 Å². The fraction of sp³-hybridized carbons (Fsp3) is 0.389. The van der Waals surface area contributed by atoms with Crippen molar-refractivity contribution in [2.24, 2.45) is 5.92 Å². The number of nitrogens with one attached hydrogen (secondary N) is 1. The second-order valence-electron chi connectivity index (χ2n) is 6.44. The summed E-state index contributed by atoms with van der Waals surface area (Å²) < 4.78 is 27.1. The predicted octanol–water partition coefficient (Wildman–Crippen LogP) is 3.40. The molecule has 5 nitrogen and oxygen atoms in total. The molecule has 1 atom stereocenters. The van der Waals surface area contributed by atoms with Crippen molar-refractivity contribution in [3.05, 3.63) is 46.8 Å². The zero-order chi connectivity index (χ0) is 18.0. The molecular weight excluding hydrogens is 356 g/mol. The van der Waals surface area contributed by atoms with Crippen molar-refractivity contribution in [3.8, 4) is 0 Å². The largest absolute Gasteiger partial charge is 0.326 e. The molecule has 1 amide bonds. The molecule has 1 aliphatic heterocycles. The molecule has 0 radical (unpaired) electrons. The van der Waals surface area contributed by atoms with Gasteiger partial charge in [-0.05, 0) is 49.8 Å². The Hall–Kier alpha value is -1.70. The molecule has 1 fully saturated rings. The van der Waals surface area contributed by atoms with E-state index < -0.39 is 10.0 Å². The number of rotatable bonds is 4. The highest BCUT2D eigenvalue weighted by Gasteiger charge is 2.33. The number of anilines is 1. The van der Waals surface area contributed by atoms with Crippen molar-refractivity contribution in [2.75, 3.05) is 18.4 Å². The highest BCUT2D eigenvalue weighted by atomic mass is 32.2. The summed E-state index contributed by atoms with van der Waals surface area (Å²) >= 11 is 1.21. The smallest absolute Gasteiger partial charge is 0.252 e. The summed E-state index contributed by atoms with van der Waals surface area (Å²) in [5.74, 6) is -0.442. The lowest BCUT2D eigenvalue weighted by atomic mass is 9.98. The topological polar surface area (TPSA) is 66.5 Å². The van der Waals surface area contributed by atoms with Gasteiger partial charge in [-0.3, -0.25) is 4.79 Å². The SMILES string of the molecule is Cc1ccc(NC(=O)[C@@H]2CCCN(S(=O)(=O)c3cccs3)C2)c(C)c1. The number of thiophene rings is 1. The molecule has 1 aromatic heterocycles. The van der Waals surface area contributed by atoms with E-state index in [9.17, 15) is 13.2 Å². The first-order valence-electron chi connectivity index (χ1n) is 8.29. The Labute approximate surface area is 152 Å². The minimum atomic E-state index is -3.50. The maximum Gasteiger partial charge on any atom is 0.252 e. The van der Waals surface area contributed by atoms with Crippen LogP contribution in [0.3, 0.4) is 0 Å². The maximum atomic E-state index is 12.7. The van der Waals surface area contributed by atoms with Gasteiger partial charge in [-0.15, -0.1) is 11.3 Å². The van der Waals surface area contributed by atoms with Crippen molar-refractivity contribution < 1.29 is 13.2 Å². The van der Waals surface area contributed by atoms with Crippen LogP contribution >= 0.6 is 11.3 Å². The van der Waals surface area contributed by atoms with Crippen LogP contribution in [0.25, 0.3) is 0 Å².